The van der Waals surface area contributed by atoms with E-state index in [1.165, 1.54) is 0 Å². The van der Waals surface area contributed by atoms with Crippen LogP contribution in [0.15, 0.2) is 27.8 Å². The van der Waals surface area contributed by atoms with Gasteiger partial charge in [-0.15, -0.1) is 11.8 Å². The second kappa shape index (κ2) is 8.06. The van der Waals surface area contributed by atoms with Crippen LogP contribution in [0, 0.1) is 0 Å². The zero-order valence-corrected chi connectivity index (χ0v) is 11.8. The number of nitrogens with zero attached hydrogens (tertiary/aromatic N) is 1. The molecule has 0 saturated heterocycles. The molecule has 0 bridgehead atoms. The number of rotatable bonds is 7. The summed E-state index contributed by atoms with van der Waals surface area (Å²) in [7, 11) is 0. The van der Waals surface area contributed by atoms with Gasteiger partial charge in [0.15, 0.2) is 0 Å². The topological polar surface area (TPSA) is 48.1 Å². The molecule has 90 valence electrons. The van der Waals surface area contributed by atoms with Crippen LogP contribution in [0.4, 0.5) is 0 Å². The predicted octanol–water partition coefficient (Wildman–Crippen LogP) is 2.69. The Morgan fingerprint density at radius 1 is 1.56 bits per heavy atom. The van der Waals surface area contributed by atoms with E-state index in [4.69, 9.17) is 10.5 Å². The van der Waals surface area contributed by atoms with E-state index in [2.05, 4.69) is 20.9 Å². The van der Waals surface area contributed by atoms with Crippen molar-refractivity contribution in [3.8, 4) is 0 Å². The third-order valence-electron chi connectivity index (χ3n) is 2.06. The highest BCUT2D eigenvalue weighted by Gasteiger charge is 2.06. The standard InChI is InChI=1S/C11H17BrN2OS/c1-2-15-10(7-13)5-6-16-11-4-3-9(12)8-14-11/h3-4,8,10H,2,5-7,13H2,1H3. The van der Waals surface area contributed by atoms with Crippen molar-refractivity contribution in [3.05, 3.63) is 22.8 Å². The molecule has 1 heterocycles. The van der Waals surface area contributed by atoms with Gasteiger partial charge in [0.1, 0.15) is 0 Å². The fourth-order valence-electron chi connectivity index (χ4n) is 1.25. The summed E-state index contributed by atoms with van der Waals surface area (Å²) in [6, 6.07) is 4.01. The molecule has 0 aromatic carbocycles. The number of halogens is 1. The first-order chi connectivity index (χ1) is 7.76. The van der Waals surface area contributed by atoms with Crippen molar-refractivity contribution in [1.29, 1.82) is 0 Å². The Balaban J connectivity index is 2.26. The van der Waals surface area contributed by atoms with Crippen LogP contribution < -0.4 is 5.73 Å². The van der Waals surface area contributed by atoms with Gasteiger partial charge in [0.25, 0.3) is 0 Å². The third kappa shape index (κ3) is 5.30. The van der Waals surface area contributed by atoms with Crippen molar-refractivity contribution >= 4 is 27.7 Å². The molecular weight excluding hydrogens is 288 g/mol. The van der Waals surface area contributed by atoms with E-state index in [0.717, 1.165) is 28.3 Å². The summed E-state index contributed by atoms with van der Waals surface area (Å²) in [6.45, 7) is 3.30. The summed E-state index contributed by atoms with van der Waals surface area (Å²) in [6.07, 6.45) is 2.95. The van der Waals surface area contributed by atoms with Gasteiger partial charge < -0.3 is 10.5 Å². The molecule has 0 saturated carbocycles. The summed E-state index contributed by atoms with van der Waals surface area (Å²) < 4.78 is 6.49. The Morgan fingerprint density at radius 3 is 2.94 bits per heavy atom. The van der Waals surface area contributed by atoms with Gasteiger partial charge >= 0.3 is 0 Å². The third-order valence-corrected chi connectivity index (χ3v) is 3.50. The minimum Gasteiger partial charge on any atom is -0.377 e. The van der Waals surface area contributed by atoms with Crippen LogP contribution in [-0.2, 0) is 4.74 Å². The summed E-state index contributed by atoms with van der Waals surface area (Å²) in [4.78, 5) is 4.29. The highest BCUT2D eigenvalue weighted by atomic mass is 79.9. The smallest absolute Gasteiger partial charge is 0.0960 e. The van der Waals surface area contributed by atoms with Gasteiger partial charge in [-0.3, -0.25) is 0 Å². The van der Waals surface area contributed by atoms with E-state index in [9.17, 15) is 0 Å². The Morgan fingerprint density at radius 2 is 2.38 bits per heavy atom. The van der Waals surface area contributed by atoms with Crippen molar-refractivity contribution in [1.82, 2.24) is 4.98 Å². The molecular formula is C11H17BrN2OS. The summed E-state index contributed by atoms with van der Waals surface area (Å²) in [5.41, 5.74) is 5.60. The maximum Gasteiger partial charge on any atom is 0.0960 e. The SMILES string of the molecule is CCOC(CN)CCSc1ccc(Br)cn1. The Bertz CT molecular complexity index is 295. The summed E-state index contributed by atoms with van der Waals surface area (Å²) in [5, 5.41) is 1.04. The molecule has 3 nitrogen and oxygen atoms in total. The number of hydrogen-bond donors (Lipinski definition) is 1. The lowest BCUT2D eigenvalue weighted by atomic mass is 10.3. The van der Waals surface area contributed by atoms with E-state index in [0.29, 0.717) is 6.54 Å². The molecule has 1 atom stereocenters. The first kappa shape index (κ1) is 14.0. The molecule has 1 aromatic heterocycles. The van der Waals surface area contributed by atoms with Crippen molar-refractivity contribution in [2.75, 3.05) is 18.9 Å². The second-order valence-electron chi connectivity index (χ2n) is 3.26. The van der Waals surface area contributed by atoms with Gasteiger partial charge in [0.05, 0.1) is 11.1 Å². The molecule has 0 aliphatic heterocycles. The number of nitrogens with two attached hydrogens (primary N) is 1. The lowest BCUT2D eigenvalue weighted by Gasteiger charge is -2.13. The molecule has 16 heavy (non-hydrogen) atoms. The average Bonchev–Trinajstić information content (AvgIpc) is 2.30. The van der Waals surface area contributed by atoms with Crippen LogP contribution in [-0.4, -0.2) is 30.0 Å². The maximum absolute atomic E-state index is 5.60. The average molecular weight is 305 g/mol. The fourth-order valence-corrected chi connectivity index (χ4v) is 2.36. The molecule has 5 heteroatoms. The van der Waals surface area contributed by atoms with E-state index in [-0.39, 0.29) is 6.10 Å². The first-order valence-corrected chi connectivity index (χ1v) is 7.10. The van der Waals surface area contributed by atoms with Gasteiger partial charge in [0, 0.05) is 29.6 Å². The lowest BCUT2D eigenvalue weighted by molar-refractivity contribution is 0.0674. The highest BCUT2D eigenvalue weighted by Crippen LogP contribution is 2.19. The van der Waals surface area contributed by atoms with Gasteiger partial charge in [-0.2, -0.15) is 0 Å². The van der Waals surface area contributed by atoms with Crippen molar-refractivity contribution in [3.63, 3.8) is 0 Å². The zero-order chi connectivity index (χ0) is 11.8. The quantitative estimate of drug-likeness (QED) is 0.787. The first-order valence-electron chi connectivity index (χ1n) is 5.32. The second-order valence-corrected chi connectivity index (χ2v) is 5.30. The number of ether oxygens (including phenoxy) is 1. The van der Waals surface area contributed by atoms with Crippen LogP contribution in [0.25, 0.3) is 0 Å². The molecule has 1 unspecified atom stereocenters. The zero-order valence-electron chi connectivity index (χ0n) is 9.36. The van der Waals surface area contributed by atoms with Crippen molar-refractivity contribution in [2.24, 2.45) is 5.73 Å². The lowest BCUT2D eigenvalue weighted by Crippen LogP contribution is -2.24. The van der Waals surface area contributed by atoms with Crippen LogP contribution in [0.2, 0.25) is 0 Å². The Labute approximate surface area is 109 Å². The highest BCUT2D eigenvalue weighted by molar-refractivity contribution is 9.10. The van der Waals surface area contributed by atoms with E-state index in [1.807, 2.05) is 25.3 Å². The van der Waals surface area contributed by atoms with Crippen LogP contribution in [0.1, 0.15) is 13.3 Å². The summed E-state index contributed by atoms with van der Waals surface area (Å²) >= 11 is 5.09. The maximum atomic E-state index is 5.60. The summed E-state index contributed by atoms with van der Waals surface area (Å²) in [5.74, 6) is 0.983. The fraction of sp³-hybridized carbons (Fsp3) is 0.545. The van der Waals surface area contributed by atoms with Crippen LogP contribution in [0.3, 0.4) is 0 Å². The van der Waals surface area contributed by atoms with Crippen LogP contribution in [0.5, 0.6) is 0 Å². The van der Waals surface area contributed by atoms with Gasteiger partial charge in [-0.1, -0.05) is 0 Å². The van der Waals surface area contributed by atoms with E-state index >= 15 is 0 Å². The van der Waals surface area contributed by atoms with Gasteiger partial charge in [-0.05, 0) is 41.4 Å². The molecule has 1 rings (SSSR count). The van der Waals surface area contributed by atoms with Crippen molar-refractivity contribution < 1.29 is 4.74 Å². The normalized spacial score (nSPS) is 12.7. The minimum absolute atomic E-state index is 0.174. The molecule has 0 radical (unpaired) electrons. The largest absolute Gasteiger partial charge is 0.377 e. The molecule has 0 spiro atoms. The molecule has 0 aliphatic rings. The van der Waals surface area contributed by atoms with Crippen molar-refractivity contribution in [2.45, 2.75) is 24.5 Å². The Kier molecular flexibility index (Phi) is 7.03. The molecule has 0 fully saturated rings. The minimum atomic E-state index is 0.174. The number of pyridine rings is 1. The van der Waals surface area contributed by atoms with E-state index < -0.39 is 0 Å². The van der Waals surface area contributed by atoms with E-state index in [1.54, 1.807) is 11.8 Å². The van der Waals surface area contributed by atoms with Crippen LogP contribution >= 0.6 is 27.7 Å². The predicted molar refractivity (Wildman–Crippen MR) is 71.7 cm³/mol. The monoisotopic (exact) mass is 304 g/mol. The van der Waals surface area contributed by atoms with Gasteiger partial charge in [-0.25, -0.2) is 4.98 Å². The Hall–Kier alpha value is -0.100. The van der Waals surface area contributed by atoms with Gasteiger partial charge in [0.2, 0.25) is 0 Å². The number of hydrogen-bond acceptors (Lipinski definition) is 4. The molecule has 2 N–H and O–H groups in total. The molecule has 0 aliphatic carbocycles. The molecule has 0 amide bonds. The number of aromatic nitrogens is 1. The number of thioether (sulfide) groups is 1. The molecule has 1 aromatic rings.